The van der Waals surface area contributed by atoms with Gasteiger partial charge in [-0.3, -0.25) is 9.79 Å². The standard InChI is InChI=1S/C20H22N2O2S/c1-24-18-10-8-17(9-11-18)19(23)15-22(20-21-12-5-13-25-20)14-16-6-3-2-4-7-16/h2-4,6-11H,5,12-15H2,1H3. The highest BCUT2D eigenvalue weighted by atomic mass is 32.2. The van der Waals surface area contributed by atoms with Crippen LogP contribution in [0.3, 0.4) is 0 Å². The summed E-state index contributed by atoms with van der Waals surface area (Å²) < 4.78 is 5.16. The van der Waals surface area contributed by atoms with Gasteiger partial charge in [-0.2, -0.15) is 0 Å². The number of amidine groups is 1. The van der Waals surface area contributed by atoms with Crippen LogP contribution in [0.15, 0.2) is 59.6 Å². The number of thioether (sulfide) groups is 1. The summed E-state index contributed by atoms with van der Waals surface area (Å²) in [5.41, 5.74) is 1.87. The van der Waals surface area contributed by atoms with Crippen molar-refractivity contribution in [1.82, 2.24) is 4.90 Å². The average molecular weight is 354 g/mol. The van der Waals surface area contributed by atoms with Crippen molar-refractivity contribution < 1.29 is 9.53 Å². The van der Waals surface area contributed by atoms with E-state index in [0.29, 0.717) is 18.7 Å². The van der Waals surface area contributed by atoms with Crippen LogP contribution >= 0.6 is 11.8 Å². The molecule has 0 N–H and O–H groups in total. The minimum absolute atomic E-state index is 0.0902. The van der Waals surface area contributed by atoms with Gasteiger partial charge in [-0.05, 0) is 36.2 Å². The summed E-state index contributed by atoms with van der Waals surface area (Å²) >= 11 is 1.74. The molecular formula is C20H22N2O2S. The third-order valence-corrected chi connectivity index (χ3v) is 5.15. The molecule has 2 aromatic carbocycles. The molecule has 0 saturated heterocycles. The van der Waals surface area contributed by atoms with Crippen molar-refractivity contribution in [2.45, 2.75) is 13.0 Å². The van der Waals surface area contributed by atoms with E-state index < -0.39 is 0 Å². The topological polar surface area (TPSA) is 41.9 Å². The fraction of sp³-hybridized carbons (Fsp3) is 0.300. The number of benzene rings is 2. The second-order valence-electron chi connectivity index (χ2n) is 5.86. The molecule has 1 heterocycles. The fourth-order valence-corrected chi connectivity index (χ4v) is 3.63. The van der Waals surface area contributed by atoms with Gasteiger partial charge in [0, 0.05) is 24.4 Å². The maximum absolute atomic E-state index is 12.7. The number of methoxy groups -OCH3 is 1. The Hall–Kier alpha value is -2.27. The molecule has 0 aliphatic carbocycles. The Labute approximate surface area is 152 Å². The van der Waals surface area contributed by atoms with Crippen LogP contribution in [-0.4, -0.2) is 41.8 Å². The summed E-state index contributed by atoms with van der Waals surface area (Å²) in [6.07, 6.45) is 1.10. The van der Waals surface area contributed by atoms with E-state index in [1.54, 1.807) is 18.9 Å². The molecular weight excluding hydrogens is 332 g/mol. The highest BCUT2D eigenvalue weighted by Gasteiger charge is 2.19. The van der Waals surface area contributed by atoms with Gasteiger partial charge in [0.25, 0.3) is 0 Å². The zero-order chi connectivity index (χ0) is 17.5. The third-order valence-electron chi connectivity index (χ3n) is 4.01. The normalized spacial score (nSPS) is 13.9. The Balaban J connectivity index is 1.76. The van der Waals surface area contributed by atoms with Gasteiger partial charge < -0.3 is 9.64 Å². The van der Waals surface area contributed by atoms with Gasteiger partial charge in [-0.25, -0.2) is 0 Å². The van der Waals surface area contributed by atoms with Crippen LogP contribution in [0.1, 0.15) is 22.3 Å². The van der Waals surface area contributed by atoms with Crippen LogP contribution < -0.4 is 4.74 Å². The van der Waals surface area contributed by atoms with Gasteiger partial charge in [0.15, 0.2) is 11.0 Å². The molecule has 0 fully saturated rings. The maximum atomic E-state index is 12.7. The minimum atomic E-state index is 0.0902. The Morgan fingerprint density at radius 2 is 1.92 bits per heavy atom. The first-order valence-electron chi connectivity index (χ1n) is 8.39. The van der Waals surface area contributed by atoms with E-state index in [1.807, 2.05) is 42.5 Å². The first-order valence-corrected chi connectivity index (χ1v) is 9.38. The van der Waals surface area contributed by atoms with Crippen LogP contribution in [0.5, 0.6) is 5.75 Å². The lowest BCUT2D eigenvalue weighted by atomic mass is 10.1. The molecule has 2 aromatic rings. The highest BCUT2D eigenvalue weighted by molar-refractivity contribution is 8.13. The second kappa shape index (κ2) is 8.72. The van der Waals surface area contributed by atoms with Gasteiger partial charge >= 0.3 is 0 Å². The van der Waals surface area contributed by atoms with Gasteiger partial charge in [0.05, 0.1) is 13.7 Å². The summed E-state index contributed by atoms with van der Waals surface area (Å²) in [5, 5.41) is 0.969. The molecule has 25 heavy (non-hydrogen) atoms. The largest absolute Gasteiger partial charge is 0.497 e. The smallest absolute Gasteiger partial charge is 0.182 e. The molecule has 130 valence electrons. The Kier molecular flexibility index (Phi) is 6.12. The molecule has 1 aliphatic rings. The fourth-order valence-electron chi connectivity index (χ4n) is 2.68. The summed E-state index contributed by atoms with van der Waals surface area (Å²) in [6, 6.07) is 17.5. The highest BCUT2D eigenvalue weighted by Crippen LogP contribution is 2.19. The number of hydrogen-bond acceptors (Lipinski definition) is 5. The first kappa shape index (κ1) is 17.5. The van der Waals surface area contributed by atoms with E-state index in [1.165, 1.54) is 5.56 Å². The number of ketones is 1. The van der Waals surface area contributed by atoms with Crippen LogP contribution in [0.4, 0.5) is 0 Å². The maximum Gasteiger partial charge on any atom is 0.182 e. The van der Waals surface area contributed by atoms with E-state index in [9.17, 15) is 4.79 Å². The lowest BCUT2D eigenvalue weighted by Gasteiger charge is -2.27. The van der Waals surface area contributed by atoms with Crippen LogP contribution in [-0.2, 0) is 6.54 Å². The number of Topliss-reactive ketones (excluding diaryl/α,β-unsaturated/α-hetero) is 1. The number of ether oxygens (including phenoxy) is 1. The molecule has 0 atom stereocenters. The second-order valence-corrected chi connectivity index (χ2v) is 6.92. The van der Waals surface area contributed by atoms with Crippen LogP contribution in [0.25, 0.3) is 0 Å². The quantitative estimate of drug-likeness (QED) is 0.739. The zero-order valence-electron chi connectivity index (χ0n) is 14.4. The van der Waals surface area contributed by atoms with Crippen molar-refractivity contribution in [3.63, 3.8) is 0 Å². The van der Waals surface area contributed by atoms with E-state index >= 15 is 0 Å². The van der Waals surface area contributed by atoms with Crippen LogP contribution in [0, 0.1) is 0 Å². The van der Waals surface area contributed by atoms with E-state index in [-0.39, 0.29) is 5.78 Å². The molecule has 4 nitrogen and oxygen atoms in total. The molecule has 3 rings (SSSR count). The zero-order valence-corrected chi connectivity index (χ0v) is 15.2. The number of hydrogen-bond donors (Lipinski definition) is 0. The summed E-state index contributed by atoms with van der Waals surface area (Å²) in [4.78, 5) is 19.5. The van der Waals surface area contributed by atoms with Gasteiger partial charge in [0.1, 0.15) is 5.75 Å². The molecule has 0 amide bonds. The lowest BCUT2D eigenvalue weighted by Crippen LogP contribution is -2.35. The summed E-state index contributed by atoms with van der Waals surface area (Å²) in [5.74, 6) is 1.90. The number of carbonyl (C=O) groups excluding carboxylic acids is 1. The van der Waals surface area contributed by atoms with Crippen molar-refractivity contribution in [2.75, 3.05) is 26.0 Å². The molecule has 0 unspecified atom stereocenters. The first-order chi connectivity index (χ1) is 12.3. The molecule has 5 heteroatoms. The molecule has 0 aromatic heterocycles. The monoisotopic (exact) mass is 354 g/mol. The number of aliphatic imine (C=N–C) groups is 1. The number of carbonyl (C=O) groups is 1. The van der Waals surface area contributed by atoms with E-state index in [2.05, 4.69) is 22.0 Å². The molecule has 0 saturated carbocycles. The number of rotatable bonds is 6. The van der Waals surface area contributed by atoms with Crippen molar-refractivity contribution in [2.24, 2.45) is 4.99 Å². The SMILES string of the molecule is COc1ccc(C(=O)CN(Cc2ccccc2)C2=NCCCS2)cc1. The third kappa shape index (κ3) is 4.86. The van der Waals surface area contributed by atoms with Gasteiger partial charge in [0.2, 0.25) is 0 Å². The lowest BCUT2D eigenvalue weighted by molar-refractivity contribution is 0.0962. The average Bonchev–Trinajstić information content (AvgIpc) is 2.69. The van der Waals surface area contributed by atoms with Crippen molar-refractivity contribution in [3.05, 3.63) is 65.7 Å². The molecule has 1 aliphatic heterocycles. The molecule has 0 bridgehead atoms. The number of nitrogens with zero attached hydrogens (tertiary/aromatic N) is 2. The van der Waals surface area contributed by atoms with Crippen molar-refractivity contribution in [3.8, 4) is 5.75 Å². The van der Waals surface area contributed by atoms with Crippen molar-refractivity contribution in [1.29, 1.82) is 0 Å². The van der Waals surface area contributed by atoms with Crippen molar-refractivity contribution >= 4 is 22.7 Å². The molecule has 0 radical (unpaired) electrons. The van der Waals surface area contributed by atoms with Gasteiger partial charge in [-0.15, -0.1) is 0 Å². The predicted octanol–water partition coefficient (Wildman–Crippen LogP) is 3.87. The minimum Gasteiger partial charge on any atom is -0.497 e. The predicted molar refractivity (Wildman–Crippen MR) is 104 cm³/mol. The van der Waals surface area contributed by atoms with Crippen LogP contribution in [0.2, 0.25) is 0 Å². The van der Waals surface area contributed by atoms with Gasteiger partial charge in [-0.1, -0.05) is 42.1 Å². The Morgan fingerprint density at radius 1 is 1.16 bits per heavy atom. The van der Waals surface area contributed by atoms with E-state index in [4.69, 9.17) is 4.74 Å². The van der Waals surface area contributed by atoms with E-state index in [0.717, 1.165) is 29.6 Å². The Morgan fingerprint density at radius 3 is 2.56 bits per heavy atom. The summed E-state index contributed by atoms with van der Waals surface area (Å²) in [6.45, 7) is 1.85. The Bertz CT molecular complexity index is 729. The summed E-state index contributed by atoms with van der Waals surface area (Å²) in [7, 11) is 1.62. The molecule has 0 spiro atoms.